The van der Waals surface area contributed by atoms with Gasteiger partial charge in [0.25, 0.3) is 5.22 Å². The van der Waals surface area contributed by atoms with E-state index in [9.17, 15) is 4.79 Å². The third-order valence-corrected chi connectivity index (χ3v) is 8.56. The van der Waals surface area contributed by atoms with Crippen LogP contribution in [0.2, 0.25) is 0 Å². The summed E-state index contributed by atoms with van der Waals surface area (Å²) in [6.07, 6.45) is 7.85. The van der Waals surface area contributed by atoms with Crippen molar-refractivity contribution in [3.8, 4) is 0 Å². The number of benzene rings is 1. The first-order valence-corrected chi connectivity index (χ1v) is 12.0. The van der Waals surface area contributed by atoms with E-state index >= 15 is 0 Å². The molecule has 30 heavy (non-hydrogen) atoms. The summed E-state index contributed by atoms with van der Waals surface area (Å²) < 4.78 is 11.6. The molecular formula is C24H26N2O3S. The van der Waals surface area contributed by atoms with Gasteiger partial charge in [-0.3, -0.25) is 0 Å². The molecule has 1 aromatic carbocycles. The van der Waals surface area contributed by atoms with Crippen LogP contribution in [0.4, 0.5) is 0 Å². The molecule has 0 atom stereocenters. The van der Waals surface area contributed by atoms with Crippen molar-refractivity contribution in [3.63, 3.8) is 0 Å². The molecule has 4 fully saturated rings. The van der Waals surface area contributed by atoms with Gasteiger partial charge < -0.3 is 8.83 Å². The molecule has 4 aliphatic carbocycles. The van der Waals surface area contributed by atoms with Crippen LogP contribution in [0.25, 0.3) is 11.0 Å². The third kappa shape index (κ3) is 3.03. The molecular weight excluding hydrogens is 396 g/mol. The van der Waals surface area contributed by atoms with Gasteiger partial charge in [-0.2, -0.15) is 0 Å². The van der Waals surface area contributed by atoms with E-state index in [1.165, 1.54) is 55.9 Å². The molecule has 7 rings (SSSR count). The number of hydrogen-bond acceptors (Lipinski definition) is 6. The zero-order valence-electron chi connectivity index (χ0n) is 17.4. The average molecular weight is 423 g/mol. The number of fused-ring (bicyclic) bond motifs is 1. The fourth-order valence-electron chi connectivity index (χ4n) is 6.60. The lowest BCUT2D eigenvalue weighted by molar-refractivity contribution is -0.0191. The summed E-state index contributed by atoms with van der Waals surface area (Å²) >= 11 is 1.51. The minimum absolute atomic E-state index is 0.121. The summed E-state index contributed by atoms with van der Waals surface area (Å²) in [5.74, 6) is 4.00. The van der Waals surface area contributed by atoms with Gasteiger partial charge in [0.15, 0.2) is 0 Å². The van der Waals surface area contributed by atoms with E-state index in [1.807, 2.05) is 13.0 Å². The zero-order valence-corrected chi connectivity index (χ0v) is 18.3. The quantitative estimate of drug-likeness (QED) is 0.405. The fraction of sp³-hybridized carbons (Fsp3) is 0.542. The number of thioether (sulfide) groups is 1. The van der Waals surface area contributed by atoms with Gasteiger partial charge in [0, 0.05) is 22.6 Å². The highest BCUT2D eigenvalue weighted by atomic mass is 32.2. The van der Waals surface area contributed by atoms with Gasteiger partial charge in [0.05, 0.1) is 0 Å². The maximum absolute atomic E-state index is 12.0. The Bertz CT molecular complexity index is 1160. The normalized spacial score (nSPS) is 29.7. The average Bonchev–Trinajstić information content (AvgIpc) is 3.16. The molecule has 0 amide bonds. The molecule has 6 heteroatoms. The Hall–Kier alpha value is -2.08. The van der Waals surface area contributed by atoms with Crippen molar-refractivity contribution in [1.82, 2.24) is 10.2 Å². The topological polar surface area (TPSA) is 69.1 Å². The van der Waals surface area contributed by atoms with Crippen LogP contribution >= 0.6 is 11.8 Å². The predicted octanol–water partition coefficient (Wildman–Crippen LogP) is 5.55. The summed E-state index contributed by atoms with van der Waals surface area (Å²) in [7, 11) is 0. The minimum Gasteiger partial charge on any atom is -0.423 e. The van der Waals surface area contributed by atoms with Crippen LogP contribution in [0.3, 0.4) is 0 Å². The summed E-state index contributed by atoms with van der Waals surface area (Å²) in [6.45, 7) is 4.10. The number of aromatic nitrogens is 2. The van der Waals surface area contributed by atoms with Crippen LogP contribution < -0.4 is 5.63 Å². The second-order valence-electron chi connectivity index (χ2n) is 9.88. The van der Waals surface area contributed by atoms with Gasteiger partial charge in [-0.05, 0) is 98.9 Å². The molecule has 4 saturated carbocycles. The van der Waals surface area contributed by atoms with Crippen molar-refractivity contribution in [3.05, 3.63) is 51.2 Å². The van der Waals surface area contributed by atoms with Gasteiger partial charge in [0.1, 0.15) is 5.58 Å². The minimum atomic E-state index is -0.318. The highest BCUT2D eigenvalue weighted by molar-refractivity contribution is 7.98. The van der Waals surface area contributed by atoms with Gasteiger partial charge in [-0.15, -0.1) is 10.2 Å². The first-order valence-electron chi connectivity index (χ1n) is 11.0. The van der Waals surface area contributed by atoms with Crippen LogP contribution in [0.5, 0.6) is 0 Å². The molecule has 156 valence electrons. The second-order valence-corrected chi connectivity index (χ2v) is 10.8. The van der Waals surface area contributed by atoms with Gasteiger partial charge in [-0.25, -0.2) is 4.79 Å². The highest BCUT2D eigenvalue weighted by Gasteiger charge is 2.54. The van der Waals surface area contributed by atoms with Crippen molar-refractivity contribution in [2.24, 2.45) is 17.8 Å². The summed E-state index contributed by atoms with van der Waals surface area (Å²) in [6, 6.07) is 5.62. The number of nitrogens with zero attached hydrogens (tertiary/aromatic N) is 2. The van der Waals surface area contributed by atoms with Crippen molar-refractivity contribution < 1.29 is 8.83 Å². The van der Waals surface area contributed by atoms with Gasteiger partial charge in [0.2, 0.25) is 5.89 Å². The lowest BCUT2D eigenvalue weighted by Crippen LogP contribution is -2.48. The maximum atomic E-state index is 12.0. The Morgan fingerprint density at radius 3 is 2.33 bits per heavy atom. The third-order valence-electron chi connectivity index (χ3n) is 7.69. The van der Waals surface area contributed by atoms with E-state index in [0.717, 1.165) is 40.2 Å². The zero-order chi connectivity index (χ0) is 20.5. The largest absolute Gasteiger partial charge is 0.423 e. The molecule has 4 aliphatic rings. The van der Waals surface area contributed by atoms with Crippen LogP contribution in [-0.2, 0) is 11.2 Å². The first kappa shape index (κ1) is 18.7. The molecule has 3 aromatic rings. The molecule has 0 N–H and O–H groups in total. The SMILES string of the molecule is Cc1cc2oc(=O)cc(CSc3nnc(C45CC6CC(CC(C6)C4)C5)o3)c2cc1C. The van der Waals surface area contributed by atoms with E-state index in [0.29, 0.717) is 16.6 Å². The fourth-order valence-corrected chi connectivity index (χ4v) is 7.35. The molecule has 4 bridgehead atoms. The van der Waals surface area contributed by atoms with Crippen LogP contribution in [-0.4, -0.2) is 10.2 Å². The van der Waals surface area contributed by atoms with Crippen molar-refractivity contribution in [2.75, 3.05) is 0 Å². The van der Waals surface area contributed by atoms with E-state index < -0.39 is 0 Å². The predicted molar refractivity (Wildman–Crippen MR) is 116 cm³/mol. The Balaban J connectivity index is 1.26. The molecule has 2 heterocycles. The maximum Gasteiger partial charge on any atom is 0.336 e. The summed E-state index contributed by atoms with van der Waals surface area (Å²) in [5, 5.41) is 10.5. The molecule has 0 saturated heterocycles. The van der Waals surface area contributed by atoms with Crippen molar-refractivity contribution >= 4 is 22.7 Å². The van der Waals surface area contributed by atoms with Gasteiger partial charge >= 0.3 is 5.63 Å². The Morgan fingerprint density at radius 2 is 1.63 bits per heavy atom. The van der Waals surface area contributed by atoms with Crippen LogP contribution in [0.15, 0.2) is 37.1 Å². The molecule has 0 aliphatic heterocycles. The Kier molecular flexibility index (Phi) is 4.18. The van der Waals surface area contributed by atoms with E-state index in [2.05, 4.69) is 23.2 Å². The lowest BCUT2D eigenvalue weighted by Gasteiger charge is -2.55. The molecule has 0 spiro atoms. The number of hydrogen-bond donors (Lipinski definition) is 0. The lowest BCUT2D eigenvalue weighted by atomic mass is 9.49. The van der Waals surface area contributed by atoms with Crippen molar-refractivity contribution in [1.29, 1.82) is 0 Å². The Labute approximate surface area is 179 Å². The first-order chi connectivity index (χ1) is 14.5. The monoisotopic (exact) mass is 422 g/mol. The van der Waals surface area contributed by atoms with E-state index in [-0.39, 0.29) is 11.0 Å². The van der Waals surface area contributed by atoms with Gasteiger partial charge in [-0.1, -0.05) is 11.8 Å². The standard InChI is InChI=1S/C24H26N2O3S/c1-13-3-19-18(8-21(27)28-20(19)4-14(13)2)12-30-23-26-25-22(29-23)24-9-15-5-16(10-24)7-17(6-15)11-24/h3-4,8,15-17H,5-7,9-12H2,1-2H3. The van der Waals surface area contributed by atoms with E-state index in [1.54, 1.807) is 6.07 Å². The van der Waals surface area contributed by atoms with E-state index in [4.69, 9.17) is 8.83 Å². The smallest absolute Gasteiger partial charge is 0.336 e. The highest BCUT2D eigenvalue weighted by Crippen LogP contribution is 2.60. The van der Waals surface area contributed by atoms with Crippen LogP contribution in [0.1, 0.15) is 61.1 Å². The molecule has 0 unspecified atom stereocenters. The Morgan fingerprint density at radius 1 is 0.967 bits per heavy atom. The second kappa shape index (κ2) is 6.71. The molecule has 2 aromatic heterocycles. The van der Waals surface area contributed by atoms with Crippen LogP contribution in [0, 0.1) is 31.6 Å². The molecule has 0 radical (unpaired) electrons. The number of aryl methyl sites for hydroxylation is 2. The summed E-state index contributed by atoms with van der Waals surface area (Å²) in [5.41, 5.74) is 3.69. The summed E-state index contributed by atoms with van der Waals surface area (Å²) in [4.78, 5) is 12.0. The van der Waals surface area contributed by atoms with Crippen molar-refractivity contribution in [2.45, 2.75) is 68.8 Å². The molecule has 5 nitrogen and oxygen atoms in total. The number of rotatable bonds is 4.